The lowest BCUT2D eigenvalue weighted by atomic mass is 10.2. The molecule has 0 radical (unpaired) electrons. The molecule has 1 heterocycles. The Morgan fingerprint density at radius 1 is 1.00 bits per heavy atom. The topological polar surface area (TPSA) is 0 Å². The molecule has 3 heteroatoms. The summed E-state index contributed by atoms with van der Waals surface area (Å²) in [6.07, 6.45) is 0. The molecule has 0 amide bonds. The average Bonchev–Trinajstić information content (AvgIpc) is 2.45. The lowest BCUT2D eigenvalue weighted by Gasteiger charge is -1.91. The molecule has 2 rings (SSSR count). The van der Waals surface area contributed by atoms with Crippen molar-refractivity contribution in [3.8, 4) is 0 Å². The summed E-state index contributed by atoms with van der Waals surface area (Å²) in [6.45, 7) is 0. The van der Waals surface area contributed by atoms with Crippen LogP contribution in [0.3, 0.4) is 0 Å². The van der Waals surface area contributed by atoms with Gasteiger partial charge in [-0.2, -0.15) is 0 Å². The molecule has 0 saturated heterocycles. The molecule has 2 aromatic rings. The molecule has 0 aliphatic rings. The summed E-state index contributed by atoms with van der Waals surface area (Å²) in [6, 6.07) is 3.87. The van der Waals surface area contributed by atoms with Gasteiger partial charge >= 0.3 is 0 Å². The van der Waals surface area contributed by atoms with E-state index in [4.69, 9.17) is 0 Å². The Balaban J connectivity index is 2.96. The maximum absolute atomic E-state index is 12.8. The minimum atomic E-state index is -0.359. The lowest BCUT2D eigenvalue weighted by Crippen LogP contribution is -1.77. The van der Waals surface area contributed by atoms with Crippen LogP contribution in [-0.4, -0.2) is 0 Å². The summed E-state index contributed by atoms with van der Waals surface area (Å²) in [5.41, 5.74) is 0. The van der Waals surface area contributed by atoms with E-state index in [1.807, 2.05) is 0 Å². The van der Waals surface area contributed by atoms with Gasteiger partial charge in [0.15, 0.2) is 0 Å². The first-order chi connectivity index (χ1) is 5.29. The highest BCUT2D eigenvalue weighted by molar-refractivity contribution is 7.17. The third-order valence-electron chi connectivity index (χ3n) is 1.52. The van der Waals surface area contributed by atoms with Gasteiger partial charge in [0.2, 0.25) is 0 Å². The predicted octanol–water partition coefficient (Wildman–Crippen LogP) is 3.18. The molecule has 11 heavy (non-hydrogen) atoms. The van der Waals surface area contributed by atoms with Crippen LogP contribution in [0.1, 0.15) is 0 Å². The minimum absolute atomic E-state index is 0.351. The first-order valence-electron chi connectivity index (χ1n) is 3.10. The van der Waals surface area contributed by atoms with Crippen LogP contribution in [0.5, 0.6) is 0 Å². The fourth-order valence-electron chi connectivity index (χ4n) is 0.994. The van der Waals surface area contributed by atoms with E-state index in [2.05, 4.69) is 0 Å². The van der Waals surface area contributed by atoms with Crippen LogP contribution in [-0.2, 0) is 0 Å². The summed E-state index contributed by atoms with van der Waals surface area (Å²) in [4.78, 5) is 0. The van der Waals surface area contributed by atoms with E-state index in [0.717, 1.165) is 12.1 Å². The molecule has 0 unspecified atom stereocenters. The normalized spacial score (nSPS) is 10.7. The van der Waals surface area contributed by atoms with Gasteiger partial charge in [0.05, 0.1) is 4.70 Å². The van der Waals surface area contributed by atoms with E-state index in [1.54, 1.807) is 11.4 Å². The second-order valence-corrected chi connectivity index (χ2v) is 3.11. The molecule has 0 saturated carbocycles. The van der Waals surface area contributed by atoms with Gasteiger partial charge in [-0.25, -0.2) is 8.78 Å². The highest BCUT2D eigenvalue weighted by Crippen LogP contribution is 2.25. The number of hydrogen-bond acceptors (Lipinski definition) is 1. The maximum atomic E-state index is 12.8. The Morgan fingerprint density at radius 2 is 1.73 bits per heavy atom. The summed E-state index contributed by atoms with van der Waals surface area (Å²) in [5.74, 6) is -0.709. The molecule has 1 aromatic carbocycles. The van der Waals surface area contributed by atoms with E-state index in [1.165, 1.54) is 11.3 Å². The molecule has 1 aromatic heterocycles. The summed E-state index contributed by atoms with van der Waals surface area (Å²) in [7, 11) is 0. The van der Waals surface area contributed by atoms with Crippen molar-refractivity contribution in [1.29, 1.82) is 0 Å². The summed E-state index contributed by atoms with van der Waals surface area (Å²) < 4.78 is 26.1. The highest BCUT2D eigenvalue weighted by atomic mass is 32.1. The fraction of sp³-hybridized carbons (Fsp3) is 0. The number of rotatable bonds is 0. The van der Waals surface area contributed by atoms with Gasteiger partial charge in [0.1, 0.15) is 11.6 Å². The third-order valence-corrected chi connectivity index (χ3v) is 2.44. The zero-order valence-electron chi connectivity index (χ0n) is 5.47. The second-order valence-electron chi connectivity index (χ2n) is 2.19. The van der Waals surface area contributed by atoms with Gasteiger partial charge in [0.25, 0.3) is 0 Å². The first kappa shape index (κ1) is 6.73. The smallest absolute Gasteiger partial charge is 0.141 e. The number of hydrogen-bond donors (Lipinski definition) is 0. The van der Waals surface area contributed by atoms with Crippen molar-refractivity contribution in [2.45, 2.75) is 0 Å². The Hall–Kier alpha value is -0.960. The van der Waals surface area contributed by atoms with Crippen LogP contribution in [0, 0.1) is 11.6 Å². The van der Waals surface area contributed by atoms with E-state index < -0.39 is 0 Å². The lowest BCUT2D eigenvalue weighted by molar-refractivity contribution is 0.619. The fourth-order valence-corrected chi connectivity index (χ4v) is 1.81. The van der Waals surface area contributed by atoms with Gasteiger partial charge in [-0.05, 0) is 23.6 Å². The monoisotopic (exact) mass is 170 g/mol. The molecule has 0 fully saturated rings. The molecule has 56 valence electrons. The maximum Gasteiger partial charge on any atom is 0.141 e. The van der Waals surface area contributed by atoms with E-state index in [-0.39, 0.29) is 11.6 Å². The van der Waals surface area contributed by atoms with Crippen molar-refractivity contribution in [2.24, 2.45) is 0 Å². The van der Waals surface area contributed by atoms with Crippen LogP contribution in [0.25, 0.3) is 10.1 Å². The standard InChI is InChI=1S/C8H4F2S/c9-6-1-2-7(10)8-5(6)3-4-11-8/h1-4H. The van der Waals surface area contributed by atoms with E-state index in [9.17, 15) is 8.78 Å². The largest absolute Gasteiger partial charge is 0.206 e. The van der Waals surface area contributed by atoms with Crippen molar-refractivity contribution in [3.05, 3.63) is 35.2 Å². The van der Waals surface area contributed by atoms with Crippen molar-refractivity contribution < 1.29 is 8.78 Å². The molecular weight excluding hydrogens is 166 g/mol. The van der Waals surface area contributed by atoms with Gasteiger partial charge in [-0.1, -0.05) is 0 Å². The molecular formula is C8H4F2S. The average molecular weight is 170 g/mol. The number of thiophene rings is 1. The number of fused-ring (bicyclic) bond motifs is 1. The van der Waals surface area contributed by atoms with Crippen LogP contribution in [0.4, 0.5) is 8.78 Å². The molecule has 0 atom stereocenters. The van der Waals surface area contributed by atoms with Crippen molar-refractivity contribution >= 4 is 21.4 Å². The van der Waals surface area contributed by atoms with Gasteiger partial charge in [0, 0.05) is 5.39 Å². The van der Waals surface area contributed by atoms with Crippen LogP contribution >= 0.6 is 11.3 Å². The highest BCUT2D eigenvalue weighted by Gasteiger charge is 2.05. The van der Waals surface area contributed by atoms with E-state index in [0.29, 0.717) is 10.1 Å². The molecule has 0 spiro atoms. The summed E-state index contributed by atoms with van der Waals surface area (Å²) >= 11 is 1.21. The first-order valence-corrected chi connectivity index (χ1v) is 3.98. The van der Waals surface area contributed by atoms with Crippen LogP contribution < -0.4 is 0 Å². The van der Waals surface area contributed by atoms with Crippen molar-refractivity contribution in [2.75, 3.05) is 0 Å². The van der Waals surface area contributed by atoms with E-state index >= 15 is 0 Å². The molecule has 0 nitrogen and oxygen atoms in total. The molecule has 0 aliphatic carbocycles. The molecule has 0 N–H and O–H groups in total. The quantitative estimate of drug-likeness (QED) is 0.569. The van der Waals surface area contributed by atoms with Gasteiger partial charge < -0.3 is 0 Å². The SMILES string of the molecule is Fc1ccc(F)c2sccc12. The molecule has 0 bridgehead atoms. The Labute approximate surface area is 66.1 Å². The minimum Gasteiger partial charge on any atom is -0.206 e. The number of benzene rings is 1. The Bertz CT molecular complexity index is 356. The van der Waals surface area contributed by atoms with Crippen molar-refractivity contribution in [1.82, 2.24) is 0 Å². The predicted molar refractivity (Wildman–Crippen MR) is 41.7 cm³/mol. The van der Waals surface area contributed by atoms with Crippen LogP contribution in [0.2, 0.25) is 0 Å². The number of halogens is 2. The summed E-state index contributed by atoms with van der Waals surface area (Å²) in [5, 5.41) is 2.05. The second kappa shape index (κ2) is 2.27. The van der Waals surface area contributed by atoms with Crippen LogP contribution in [0.15, 0.2) is 23.6 Å². The van der Waals surface area contributed by atoms with Gasteiger partial charge in [-0.15, -0.1) is 11.3 Å². The zero-order valence-corrected chi connectivity index (χ0v) is 6.29. The Kier molecular flexibility index (Phi) is 1.39. The Morgan fingerprint density at radius 3 is 2.45 bits per heavy atom. The molecule has 0 aliphatic heterocycles. The van der Waals surface area contributed by atoms with Gasteiger partial charge in [-0.3, -0.25) is 0 Å². The zero-order chi connectivity index (χ0) is 7.84. The van der Waals surface area contributed by atoms with Crippen molar-refractivity contribution in [3.63, 3.8) is 0 Å². The third kappa shape index (κ3) is 0.922.